The molecule has 0 saturated carbocycles. The third-order valence-corrected chi connectivity index (χ3v) is 7.02. The Labute approximate surface area is 202 Å². The predicted octanol–water partition coefficient (Wildman–Crippen LogP) is -0.976. The second-order valence-electron chi connectivity index (χ2n) is 7.24. The minimum absolute atomic E-state index is 0.0625. The van der Waals surface area contributed by atoms with Gasteiger partial charge in [-0.2, -0.15) is 0 Å². The first kappa shape index (κ1) is 23.4. The molecule has 2 aromatic heterocycles. The first-order chi connectivity index (χ1) is 16.4. The van der Waals surface area contributed by atoms with Gasteiger partial charge in [-0.1, -0.05) is 23.9 Å². The van der Waals surface area contributed by atoms with E-state index in [9.17, 15) is 19.5 Å². The number of carbonyl (C=O) groups excluding carboxylic acids is 3. The van der Waals surface area contributed by atoms with E-state index < -0.39 is 29.2 Å². The number of hydrogen-bond donors (Lipinski definition) is 2. The number of aromatic nitrogens is 2. The van der Waals surface area contributed by atoms with Gasteiger partial charge in [0, 0.05) is 28.8 Å². The second-order valence-corrected chi connectivity index (χ2v) is 9.24. The van der Waals surface area contributed by atoms with E-state index in [2.05, 4.69) is 22.0 Å². The SMILES string of the molecule is C=CCON=C(C(=O)NC1C(=O)N2C(C(=O)[O-])=C(C[n+]3ccccc3)CS[C@@H]12)c1csc(N)n1. The Kier molecular flexibility index (Phi) is 6.93. The molecule has 2 aromatic rings. The molecule has 2 atom stereocenters. The van der Waals surface area contributed by atoms with Gasteiger partial charge in [-0.3, -0.25) is 14.5 Å². The lowest BCUT2D eigenvalue weighted by molar-refractivity contribution is -0.689. The van der Waals surface area contributed by atoms with Crippen LogP contribution < -0.4 is 20.7 Å². The fourth-order valence-electron chi connectivity index (χ4n) is 3.52. The van der Waals surface area contributed by atoms with Gasteiger partial charge in [-0.15, -0.1) is 23.1 Å². The van der Waals surface area contributed by atoms with Gasteiger partial charge in [0.25, 0.3) is 11.8 Å². The number of nitrogens with one attached hydrogen (secondary N) is 1. The number of amides is 2. The maximum atomic E-state index is 12.9. The molecule has 2 aliphatic rings. The van der Waals surface area contributed by atoms with Crippen molar-refractivity contribution in [1.82, 2.24) is 15.2 Å². The molecular formula is C21H20N6O5S2. The van der Waals surface area contributed by atoms with Crippen LogP contribution in [0.25, 0.3) is 0 Å². The number of nitrogens with two attached hydrogens (primary N) is 1. The van der Waals surface area contributed by atoms with Crippen molar-refractivity contribution in [3.63, 3.8) is 0 Å². The van der Waals surface area contributed by atoms with Crippen LogP contribution in [0.1, 0.15) is 5.69 Å². The number of hydrogen-bond acceptors (Lipinski definition) is 10. The van der Waals surface area contributed by atoms with E-state index in [1.807, 2.05) is 22.8 Å². The molecule has 4 heterocycles. The molecular weight excluding hydrogens is 480 g/mol. The van der Waals surface area contributed by atoms with Crippen LogP contribution in [0.5, 0.6) is 0 Å². The van der Waals surface area contributed by atoms with Crippen molar-refractivity contribution in [2.24, 2.45) is 5.16 Å². The average Bonchev–Trinajstić information content (AvgIpc) is 3.26. The number of rotatable bonds is 9. The fraction of sp³-hybridized carbons (Fsp3) is 0.238. The number of nitrogens with zero attached hydrogens (tertiary/aromatic N) is 4. The number of β-lactam (4-membered cyclic amide) rings is 1. The van der Waals surface area contributed by atoms with E-state index in [0.29, 0.717) is 17.9 Å². The molecule has 2 amide bonds. The second kappa shape index (κ2) is 10.1. The quantitative estimate of drug-likeness (QED) is 0.111. The summed E-state index contributed by atoms with van der Waals surface area (Å²) in [7, 11) is 0. The smallest absolute Gasteiger partial charge is 0.276 e. The lowest BCUT2D eigenvalue weighted by Crippen LogP contribution is -2.71. The van der Waals surface area contributed by atoms with Gasteiger partial charge in [0.1, 0.15) is 23.7 Å². The standard InChI is InChI=1S/C21H20N6O5S2/c1-2-8-32-25-14(13-11-34-21(22)23-13)17(28)24-15-18(29)27-16(20(30)31)12(10-33-19(15)27)9-26-6-4-3-5-7-26/h2-7,11,15,19H,1,8-10H2,(H3-,22,23,24,28,30,31)/t15?,19-/m0/s1. The Morgan fingerprint density at radius 2 is 2.18 bits per heavy atom. The highest BCUT2D eigenvalue weighted by molar-refractivity contribution is 8.00. The summed E-state index contributed by atoms with van der Waals surface area (Å²) in [6.07, 6.45) is 5.07. The minimum Gasteiger partial charge on any atom is -0.543 e. The zero-order chi connectivity index (χ0) is 24.2. The minimum atomic E-state index is -1.44. The summed E-state index contributed by atoms with van der Waals surface area (Å²) >= 11 is 2.48. The first-order valence-corrected chi connectivity index (χ1v) is 12.0. The Morgan fingerprint density at radius 1 is 1.41 bits per heavy atom. The topological polar surface area (TPSA) is 154 Å². The Hall–Kier alpha value is -3.71. The van der Waals surface area contributed by atoms with Crippen LogP contribution in [-0.4, -0.2) is 57.2 Å². The number of carboxylic acids is 1. The summed E-state index contributed by atoms with van der Waals surface area (Å²) in [6.45, 7) is 3.88. The number of pyridine rings is 1. The monoisotopic (exact) mass is 500 g/mol. The molecule has 13 heteroatoms. The number of carbonyl (C=O) groups is 3. The van der Waals surface area contributed by atoms with E-state index in [1.165, 1.54) is 22.7 Å². The molecule has 11 nitrogen and oxygen atoms in total. The van der Waals surface area contributed by atoms with Crippen LogP contribution in [0.2, 0.25) is 0 Å². The summed E-state index contributed by atoms with van der Waals surface area (Å²) < 4.78 is 1.81. The highest BCUT2D eigenvalue weighted by Gasteiger charge is 2.53. The van der Waals surface area contributed by atoms with Crippen LogP contribution in [0, 0.1) is 0 Å². The van der Waals surface area contributed by atoms with Gasteiger partial charge < -0.3 is 25.8 Å². The molecule has 0 aliphatic carbocycles. The van der Waals surface area contributed by atoms with Crippen LogP contribution in [0.3, 0.4) is 0 Å². The molecule has 1 saturated heterocycles. The molecule has 0 aromatic carbocycles. The van der Waals surface area contributed by atoms with Crippen LogP contribution in [0.15, 0.2) is 65.1 Å². The number of thiazole rings is 1. The number of carboxylic acid groups (broad SMARTS) is 1. The fourth-order valence-corrected chi connectivity index (χ4v) is 5.40. The molecule has 0 bridgehead atoms. The van der Waals surface area contributed by atoms with Crippen molar-refractivity contribution in [1.29, 1.82) is 0 Å². The van der Waals surface area contributed by atoms with Crippen LogP contribution in [0.4, 0.5) is 5.13 Å². The van der Waals surface area contributed by atoms with Gasteiger partial charge >= 0.3 is 0 Å². The third kappa shape index (κ3) is 4.65. The van der Waals surface area contributed by atoms with E-state index >= 15 is 0 Å². The van der Waals surface area contributed by atoms with Crippen molar-refractivity contribution in [2.45, 2.75) is 18.0 Å². The van der Waals surface area contributed by atoms with E-state index in [-0.39, 0.29) is 28.8 Å². The lowest BCUT2D eigenvalue weighted by atomic mass is 10.0. The molecule has 34 heavy (non-hydrogen) atoms. The number of nitrogen functional groups attached to an aromatic ring is 1. The summed E-state index contributed by atoms with van der Waals surface area (Å²) in [6, 6.07) is 4.55. The number of anilines is 1. The summed E-state index contributed by atoms with van der Waals surface area (Å²) in [5, 5.41) is 19.5. The Bertz CT molecular complexity index is 1200. The van der Waals surface area contributed by atoms with Crippen molar-refractivity contribution < 1.29 is 28.9 Å². The molecule has 4 rings (SSSR count). The predicted molar refractivity (Wildman–Crippen MR) is 123 cm³/mol. The Morgan fingerprint density at radius 3 is 2.82 bits per heavy atom. The summed E-state index contributed by atoms with van der Waals surface area (Å²) in [4.78, 5) is 48.1. The Balaban J connectivity index is 1.53. The maximum Gasteiger partial charge on any atom is 0.276 e. The lowest BCUT2D eigenvalue weighted by Gasteiger charge is -2.50. The van der Waals surface area contributed by atoms with Gasteiger partial charge in [0.05, 0.1) is 11.7 Å². The van der Waals surface area contributed by atoms with Crippen LogP contribution >= 0.6 is 23.1 Å². The number of oxime groups is 1. The normalized spacial score (nSPS) is 19.8. The third-order valence-electron chi connectivity index (χ3n) is 5.01. The zero-order valence-electron chi connectivity index (χ0n) is 17.7. The zero-order valence-corrected chi connectivity index (χ0v) is 19.4. The molecule has 0 spiro atoms. The molecule has 1 unspecified atom stereocenters. The molecule has 2 aliphatic heterocycles. The summed E-state index contributed by atoms with van der Waals surface area (Å²) in [5.41, 5.74) is 6.09. The van der Waals surface area contributed by atoms with E-state index in [0.717, 1.165) is 11.3 Å². The van der Waals surface area contributed by atoms with Crippen molar-refractivity contribution in [3.8, 4) is 0 Å². The molecule has 0 radical (unpaired) electrons. The van der Waals surface area contributed by atoms with Gasteiger partial charge in [-0.25, -0.2) is 9.55 Å². The van der Waals surface area contributed by atoms with Crippen molar-refractivity contribution in [3.05, 3.63) is 65.6 Å². The number of aliphatic carboxylic acids is 1. The van der Waals surface area contributed by atoms with Gasteiger partial charge in [-0.05, 0) is 0 Å². The van der Waals surface area contributed by atoms with Gasteiger partial charge in [0.15, 0.2) is 29.8 Å². The highest BCUT2D eigenvalue weighted by atomic mass is 32.2. The highest BCUT2D eigenvalue weighted by Crippen LogP contribution is 2.40. The van der Waals surface area contributed by atoms with Crippen molar-refractivity contribution in [2.75, 3.05) is 18.1 Å². The number of fused-ring (bicyclic) bond motifs is 1. The average molecular weight is 501 g/mol. The molecule has 3 N–H and O–H groups in total. The van der Waals surface area contributed by atoms with Crippen LogP contribution in [-0.2, 0) is 25.8 Å². The summed E-state index contributed by atoms with van der Waals surface area (Å²) in [5.74, 6) is -2.33. The number of thioether (sulfide) groups is 1. The first-order valence-electron chi connectivity index (χ1n) is 10.1. The molecule has 176 valence electrons. The van der Waals surface area contributed by atoms with Gasteiger partial charge in [0.2, 0.25) is 0 Å². The molecule has 1 fully saturated rings. The largest absolute Gasteiger partial charge is 0.543 e. The van der Waals surface area contributed by atoms with Crippen molar-refractivity contribution >= 4 is 51.7 Å². The van der Waals surface area contributed by atoms with E-state index in [1.54, 1.807) is 17.8 Å². The maximum absolute atomic E-state index is 12.9. The van der Waals surface area contributed by atoms with E-state index in [4.69, 9.17) is 10.6 Å².